The van der Waals surface area contributed by atoms with Gasteiger partial charge in [-0.05, 0) is 48.5 Å². The second kappa shape index (κ2) is 6.95. The van der Waals surface area contributed by atoms with Crippen molar-refractivity contribution < 1.29 is 13.9 Å². The Bertz CT molecular complexity index is 2120. The van der Waals surface area contributed by atoms with Gasteiger partial charge in [0.05, 0.1) is 22.5 Å². The predicted molar refractivity (Wildman–Crippen MR) is 148 cm³/mol. The second-order valence-electron chi connectivity index (χ2n) is 9.67. The van der Waals surface area contributed by atoms with Crippen molar-refractivity contribution in [1.82, 2.24) is 9.55 Å². The topological polar surface area (TPSA) is 52.7 Å². The highest BCUT2D eigenvalue weighted by atomic mass is 16.5. The van der Waals surface area contributed by atoms with E-state index in [-0.39, 0.29) is 0 Å². The summed E-state index contributed by atoms with van der Waals surface area (Å²) in [4.78, 5) is 7.30. The summed E-state index contributed by atoms with van der Waals surface area (Å²) in [5.41, 5.74) is 7.26. The highest BCUT2D eigenvalue weighted by Gasteiger charge is 2.36. The fraction of sp³-hybridized carbons (Fsp3) is 0.0312. The monoisotopic (exact) mass is 493 g/mol. The molecule has 0 unspecified atom stereocenters. The molecule has 7 aromatic rings. The molecule has 6 heteroatoms. The first kappa shape index (κ1) is 19.9. The maximum absolute atomic E-state index is 6.61. The third-order valence-corrected chi connectivity index (χ3v) is 7.58. The van der Waals surface area contributed by atoms with Gasteiger partial charge in [0.2, 0.25) is 0 Å². The van der Waals surface area contributed by atoms with Crippen LogP contribution in [-0.4, -0.2) is 9.55 Å². The molecule has 0 spiro atoms. The number of aromatic nitrogens is 2. The molecule has 2 aromatic heterocycles. The molecule has 2 aliphatic heterocycles. The van der Waals surface area contributed by atoms with Crippen LogP contribution in [0.1, 0.15) is 0 Å². The van der Waals surface area contributed by atoms with Crippen molar-refractivity contribution in [1.29, 1.82) is 0 Å². The zero-order valence-corrected chi connectivity index (χ0v) is 20.3. The summed E-state index contributed by atoms with van der Waals surface area (Å²) < 4.78 is 21.3. The Balaban J connectivity index is 1.31. The number of fused-ring (bicyclic) bond motifs is 9. The van der Waals surface area contributed by atoms with Gasteiger partial charge in [-0.1, -0.05) is 48.5 Å². The molecule has 2 aliphatic rings. The molecular formula is C32H19N3O3. The molecular weight excluding hydrogens is 474 g/mol. The Labute approximate surface area is 216 Å². The van der Waals surface area contributed by atoms with E-state index in [0.29, 0.717) is 0 Å². The molecule has 0 bridgehead atoms. The molecule has 38 heavy (non-hydrogen) atoms. The molecule has 0 fully saturated rings. The van der Waals surface area contributed by atoms with E-state index in [1.54, 1.807) is 0 Å². The largest absolute Gasteiger partial charge is 0.455 e. The van der Waals surface area contributed by atoms with Gasteiger partial charge >= 0.3 is 0 Å². The lowest BCUT2D eigenvalue weighted by molar-refractivity contribution is 0.447. The molecule has 0 radical (unpaired) electrons. The molecule has 0 saturated carbocycles. The van der Waals surface area contributed by atoms with Gasteiger partial charge in [0.1, 0.15) is 28.2 Å². The molecule has 4 heterocycles. The number of nitrogens with zero attached hydrogens (tertiary/aromatic N) is 3. The van der Waals surface area contributed by atoms with Gasteiger partial charge in [-0.2, -0.15) is 0 Å². The van der Waals surface area contributed by atoms with Crippen LogP contribution in [0.4, 0.5) is 17.1 Å². The number of para-hydroxylation sites is 5. The van der Waals surface area contributed by atoms with E-state index in [0.717, 1.165) is 84.4 Å². The Morgan fingerprint density at radius 3 is 2.37 bits per heavy atom. The van der Waals surface area contributed by atoms with Crippen LogP contribution in [0.15, 0.2) is 101 Å². The van der Waals surface area contributed by atoms with Crippen molar-refractivity contribution >= 4 is 50.0 Å². The zero-order chi connectivity index (χ0) is 25.0. The SMILES string of the molecule is Cn1c(-c2cccc3c2oc2ccccc23)nc2ccc3c(c21)Oc1cccc2c1N3c1ccccc1O2. The molecule has 5 aromatic carbocycles. The van der Waals surface area contributed by atoms with Crippen molar-refractivity contribution in [2.75, 3.05) is 4.90 Å². The predicted octanol–water partition coefficient (Wildman–Crippen LogP) is 8.82. The summed E-state index contributed by atoms with van der Waals surface area (Å²) in [6, 6.07) is 32.5. The number of aryl methyl sites for hydroxylation is 1. The van der Waals surface area contributed by atoms with Gasteiger partial charge < -0.3 is 18.5 Å². The van der Waals surface area contributed by atoms with Gasteiger partial charge in [0.15, 0.2) is 23.0 Å². The van der Waals surface area contributed by atoms with Crippen LogP contribution in [0.2, 0.25) is 0 Å². The van der Waals surface area contributed by atoms with E-state index in [2.05, 4.69) is 51.9 Å². The van der Waals surface area contributed by atoms with E-state index >= 15 is 0 Å². The quantitative estimate of drug-likeness (QED) is 0.229. The summed E-state index contributed by atoms with van der Waals surface area (Å²) in [5, 5.41) is 2.18. The molecule has 0 aliphatic carbocycles. The first-order valence-corrected chi connectivity index (χ1v) is 12.5. The third kappa shape index (κ3) is 2.44. The van der Waals surface area contributed by atoms with E-state index in [4.69, 9.17) is 18.9 Å². The summed E-state index contributed by atoms with van der Waals surface area (Å²) in [6.45, 7) is 0. The standard InChI is InChI=1S/C32H19N3O3/c1-34-28-21(33-32(34)20-10-6-9-19-18-8-2-4-12-24(18)37-30(19)20)16-17-23-31(28)38-27-15-7-14-26-29(27)35(23)22-11-3-5-13-25(22)36-26/h2-17H,1H3. The van der Waals surface area contributed by atoms with Crippen molar-refractivity contribution in [3.05, 3.63) is 97.1 Å². The fourth-order valence-electron chi connectivity index (χ4n) is 5.91. The summed E-state index contributed by atoms with van der Waals surface area (Å²) in [6.07, 6.45) is 0. The Morgan fingerprint density at radius 2 is 1.42 bits per heavy atom. The number of anilines is 3. The third-order valence-electron chi connectivity index (χ3n) is 7.58. The Hall–Kier alpha value is -5.23. The number of hydrogen-bond donors (Lipinski definition) is 0. The van der Waals surface area contributed by atoms with Gasteiger partial charge in [0.25, 0.3) is 0 Å². The number of imidazole rings is 1. The summed E-state index contributed by atoms with van der Waals surface area (Å²) in [7, 11) is 2.04. The van der Waals surface area contributed by atoms with E-state index < -0.39 is 0 Å². The molecule has 0 N–H and O–H groups in total. The Kier molecular flexibility index (Phi) is 3.64. The fourth-order valence-corrected chi connectivity index (χ4v) is 5.91. The lowest BCUT2D eigenvalue weighted by atomic mass is 10.1. The zero-order valence-electron chi connectivity index (χ0n) is 20.3. The molecule has 0 amide bonds. The molecule has 6 nitrogen and oxygen atoms in total. The van der Waals surface area contributed by atoms with E-state index in [1.165, 1.54) is 0 Å². The Morgan fingerprint density at radius 1 is 0.658 bits per heavy atom. The average Bonchev–Trinajstić information content (AvgIpc) is 3.50. The molecule has 0 atom stereocenters. The number of ether oxygens (including phenoxy) is 2. The average molecular weight is 494 g/mol. The first-order chi connectivity index (χ1) is 18.8. The van der Waals surface area contributed by atoms with Gasteiger partial charge in [-0.25, -0.2) is 4.98 Å². The number of rotatable bonds is 1. The van der Waals surface area contributed by atoms with Crippen LogP contribution in [-0.2, 0) is 7.05 Å². The van der Waals surface area contributed by atoms with Crippen LogP contribution in [0.25, 0.3) is 44.4 Å². The molecule has 0 saturated heterocycles. The van der Waals surface area contributed by atoms with Gasteiger partial charge in [0, 0.05) is 17.8 Å². The lowest BCUT2D eigenvalue weighted by Gasteiger charge is -2.37. The van der Waals surface area contributed by atoms with Gasteiger partial charge in [-0.15, -0.1) is 0 Å². The maximum atomic E-state index is 6.61. The molecule has 9 rings (SSSR count). The van der Waals surface area contributed by atoms with Crippen LogP contribution >= 0.6 is 0 Å². The van der Waals surface area contributed by atoms with Crippen molar-refractivity contribution in [2.45, 2.75) is 0 Å². The minimum absolute atomic E-state index is 0.749. The first-order valence-electron chi connectivity index (χ1n) is 12.5. The van der Waals surface area contributed by atoms with Crippen LogP contribution in [0.3, 0.4) is 0 Å². The van der Waals surface area contributed by atoms with Gasteiger partial charge in [-0.3, -0.25) is 4.90 Å². The minimum atomic E-state index is 0.749. The summed E-state index contributed by atoms with van der Waals surface area (Å²) >= 11 is 0. The molecule has 180 valence electrons. The second-order valence-corrected chi connectivity index (χ2v) is 9.67. The maximum Gasteiger partial charge on any atom is 0.177 e. The van der Waals surface area contributed by atoms with Crippen LogP contribution < -0.4 is 14.4 Å². The highest BCUT2D eigenvalue weighted by Crippen LogP contribution is 2.60. The van der Waals surface area contributed by atoms with E-state index in [1.807, 2.05) is 61.6 Å². The van der Waals surface area contributed by atoms with Crippen molar-refractivity contribution in [2.24, 2.45) is 7.05 Å². The van der Waals surface area contributed by atoms with E-state index in [9.17, 15) is 0 Å². The lowest BCUT2D eigenvalue weighted by Crippen LogP contribution is -2.20. The number of hydrogen-bond acceptors (Lipinski definition) is 5. The number of benzene rings is 5. The minimum Gasteiger partial charge on any atom is -0.455 e. The van der Waals surface area contributed by atoms with Crippen LogP contribution in [0.5, 0.6) is 23.0 Å². The smallest absolute Gasteiger partial charge is 0.177 e. The normalized spacial score (nSPS) is 13.2. The highest BCUT2D eigenvalue weighted by molar-refractivity contribution is 6.10. The summed E-state index contributed by atoms with van der Waals surface area (Å²) in [5.74, 6) is 3.92. The van der Waals surface area contributed by atoms with Crippen LogP contribution in [0, 0.1) is 0 Å². The van der Waals surface area contributed by atoms with Crippen molar-refractivity contribution in [3.63, 3.8) is 0 Å². The number of furan rings is 1. The van der Waals surface area contributed by atoms with Crippen molar-refractivity contribution in [3.8, 4) is 34.4 Å².